The van der Waals surface area contributed by atoms with Gasteiger partial charge in [0, 0.05) is 11.8 Å². The fourth-order valence-corrected chi connectivity index (χ4v) is 1.93. The lowest BCUT2D eigenvalue weighted by Crippen LogP contribution is -1.88. The number of hydrogen-bond acceptors (Lipinski definition) is 1. The van der Waals surface area contributed by atoms with Crippen LogP contribution in [-0.2, 0) is 0 Å². The van der Waals surface area contributed by atoms with Gasteiger partial charge in [-0.3, -0.25) is 4.40 Å². The number of imidazole rings is 1. The predicted octanol–water partition coefficient (Wildman–Crippen LogP) is 3.65. The molecule has 0 aliphatic rings. The van der Waals surface area contributed by atoms with Crippen LogP contribution in [-0.4, -0.2) is 9.38 Å². The first kappa shape index (κ1) is 9.43. The molecule has 0 radical (unpaired) electrons. The van der Waals surface area contributed by atoms with E-state index in [9.17, 15) is 0 Å². The highest BCUT2D eigenvalue weighted by Crippen LogP contribution is 2.21. The minimum Gasteiger partial charge on any atom is -0.298 e. The molecule has 0 amide bonds. The second-order valence-electron chi connectivity index (χ2n) is 3.59. The number of aromatic nitrogens is 2. The molecule has 2 heterocycles. The monoisotopic (exact) mass is 228 g/mol. The Morgan fingerprint density at radius 1 is 1.00 bits per heavy atom. The summed E-state index contributed by atoms with van der Waals surface area (Å²) in [7, 11) is 0. The van der Waals surface area contributed by atoms with Gasteiger partial charge in [-0.2, -0.15) is 0 Å². The van der Waals surface area contributed by atoms with Crippen molar-refractivity contribution in [3.63, 3.8) is 0 Å². The Balaban J connectivity index is 2.29. The molecule has 0 fully saturated rings. The first-order chi connectivity index (χ1) is 7.84. The van der Waals surface area contributed by atoms with Gasteiger partial charge in [0.25, 0.3) is 0 Å². The molecular formula is C13H9ClN2. The Labute approximate surface area is 98.1 Å². The van der Waals surface area contributed by atoms with E-state index in [2.05, 4.69) is 4.98 Å². The lowest BCUT2D eigenvalue weighted by molar-refractivity contribution is 1.16. The topological polar surface area (TPSA) is 17.3 Å². The first-order valence-corrected chi connectivity index (χ1v) is 5.40. The second kappa shape index (κ2) is 3.65. The Bertz CT molecular complexity index is 629. The molecule has 3 rings (SSSR count). The van der Waals surface area contributed by atoms with Crippen molar-refractivity contribution in [3.05, 3.63) is 59.9 Å². The van der Waals surface area contributed by atoms with Crippen LogP contribution in [0.25, 0.3) is 16.9 Å². The van der Waals surface area contributed by atoms with Crippen molar-refractivity contribution in [2.24, 2.45) is 0 Å². The van der Waals surface area contributed by atoms with E-state index < -0.39 is 0 Å². The van der Waals surface area contributed by atoms with Crippen molar-refractivity contribution in [2.45, 2.75) is 0 Å². The Hall–Kier alpha value is -1.80. The highest BCUT2D eigenvalue weighted by atomic mass is 35.5. The smallest absolute Gasteiger partial charge is 0.144 e. The van der Waals surface area contributed by atoms with E-state index in [-0.39, 0.29) is 0 Å². The van der Waals surface area contributed by atoms with Gasteiger partial charge in [-0.05, 0) is 12.1 Å². The quantitative estimate of drug-likeness (QED) is 0.621. The van der Waals surface area contributed by atoms with Crippen molar-refractivity contribution in [1.82, 2.24) is 9.38 Å². The third kappa shape index (κ3) is 1.48. The molecule has 0 saturated carbocycles. The van der Waals surface area contributed by atoms with Gasteiger partial charge in [0.1, 0.15) is 5.82 Å². The van der Waals surface area contributed by atoms with Gasteiger partial charge in [0.05, 0.1) is 16.7 Å². The summed E-state index contributed by atoms with van der Waals surface area (Å²) in [6.45, 7) is 0. The van der Waals surface area contributed by atoms with Crippen LogP contribution in [0.5, 0.6) is 0 Å². The summed E-state index contributed by atoms with van der Waals surface area (Å²) < 4.78 is 2.00. The van der Waals surface area contributed by atoms with E-state index in [1.807, 2.05) is 59.3 Å². The Morgan fingerprint density at radius 2 is 1.81 bits per heavy atom. The minimum absolute atomic E-state index is 0.711. The lowest BCUT2D eigenvalue weighted by atomic mass is 10.2. The summed E-state index contributed by atoms with van der Waals surface area (Å²) in [5.74, 6) is 0.915. The molecule has 0 bridgehead atoms. The lowest BCUT2D eigenvalue weighted by Gasteiger charge is -2.01. The molecule has 0 atom stereocenters. The van der Waals surface area contributed by atoms with E-state index >= 15 is 0 Å². The van der Waals surface area contributed by atoms with Crippen LogP contribution < -0.4 is 0 Å². The van der Waals surface area contributed by atoms with Crippen LogP contribution in [0.2, 0.25) is 5.02 Å². The highest BCUT2D eigenvalue weighted by molar-refractivity contribution is 6.30. The van der Waals surface area contributed by atoms with E-state index in [1.54, 1.807) is 0 Å². The third-order valence-corrected chi connectivity index (χ3v) is 2.75. The summed E-state index contributed by atoms with van der Waals surface area (Å²) >= 11 is 5.99. The van der Waals surface area contributed by atoms with Gasteiger partial charge in [0.2, 0.25) is 0 Å². The second-order valence-corrected chi connectivity index (χ2v) is 4.03. The molecule has 0 saturated heterocycles. The fraction of sp³-hybridized carbons (Fsp3) is 0. The average Bonchev–Trinajstić information content (AvgIpc) is 2.73. The number of pyridine rings is 1. The largest absolute Gasteiger partial charge is 0.298 e. The van der Waals surface area contributed by atoms with Gasteiger partial charge in [-0.25, -0.2) is 4.98 Å². The summed E-state index contributed by atoms with van der Waals surface area (Å²) in [5, 5.41) is 0.711. The molecule has 0 spiro atoms. The predicted molar refractivity (Wildman–Crippen MR) is 65.6 cm³/mol. The first-order valence-electron chi connectivity index (χ1n) is 5.02. The van der Waals surface area contributed by atoms with Crippen molar-refractivity contribution < 1.29 is 0 Å². The van der Waals surface area contributed by atoms with Crippen LogP contribution in [0, 0.1) is 0 Å². The summed E-state index contributed by atoms with van der Waals surface area (Å²) in [6.07, 6.45) is 3.73. The standard InChI is InChI=1S/C13H9ClN2/c14-11-6-7-12-8-15-13(16(12)9-11)10-4-2-1-3-5-10/h1-9H. The molecule has 0 N–H and O–H groups in total. The van der Waals surface area contributed by atoms with Crippen molar-refractivity contribution >= 4 is 17.1 Å². The van der Waals surface area contributed by atoms with E-state index in [1.165, 1.54) is 0 Å². The molecule has 3 heteroatoms. The van der Waals surface area contributed by atoms with Crippen LogP contribution in [0.4, 0.5) is 0 Å². The molecule has 0 aliphatic heterocycles. The zero-order valence-corrected chi connectivity index (χ0v) is 9.22. The van der Waals surface area contributed by atoms with Crippen LogP contribution in [0.1, 0.15) is 0 Å². The van der Waals surface area contributed by atoms with Crippen LogP contribution in [0.15, 0.2) is 54.9 Å². The number of halogens is 1. The number of nitrogens with zero attached hydrogens (tertiary/aromatic N) is 2. The normalized spacial score (nSPS) is 10.8. The maximum atomic E-state index is 5.99. The van der Waals surface area contributed by atoms with Crippen molar-refractivity contribution in [1.29, 1.82) is 0 Å². The van der Waals surface area contributed by atoms with E-state index in [4.69, 9.17) is 11.6 Å². The van der Waals surface area contributed by atoms with E-state index in [0.717, 1.165) is 16.9 Å². The minimum atomic E-state index is 0.711. The van der Waals surface area contributed by atoms with Gasteiger partial charge < -0.3 is 0 Å². The number of rotatable bonds is 1. The SMILES string of the molecule is Clc1ccc2cnc(-c3ccccc3)n2c1. The zero-order chi connectivity index (χ0) is 11.0. The number of hydrogen-bond donors (Lipinski definition) is 0. The fourth-order valence-electron chi connectivity index (χ4n) is 1.77. The van der Waals surface area contributed by atoms with Crippen molar-refractivity contribution in [3.8, 4) is 11.4 Å². The van der Waals surface area contributed by atoms with Crippen LogP contribution >= 0.6 is 11.6 Å². The van der Waals surface area contributed by atoms with Gasteiger partial charge >= 0.3 is 0 Å². The molecule has 78 valence electrons. The summed E-state index contributed by atoms with van der Waals surface area (Å²) in [5.41, 5.74) is 2.13. The Morgan fingerprint density at radius 3 is 2.62 bits per heavy atom. The molecular weight excluding hydrogens is 220 g/mol. The molecule has 2 nitrogen and oxygen atoms in total. The summed E-state index contributed by atoms with van der Waals surface area (Å²) in [6, 6.07) is 13.9. The van der Waals surface area contributed by atoms with Gasteiger partial charge in [-0.1, -0.05) is 41.9 Å². The number of benzene rings is 1. The zero-order valence-electron chi connectivity index (χ0n) is 8.47. The van der Waals surface area contributed by atoms with Gasteiger partial charge in [-0.15, -0.1) is 0 Å². The average molecular weight is 229 g/mol. The van der Waals surface area contributed by atoms with Crippen LogP contribution in [0.3, 0.4) is 0 Å². The molecule has 2 aromatic heterocycles. The molecule has 0 unspecified atom stereocenters. The van der Waals surface area contributed by atoms with Crippen molar-refractivity contribution in [2.75, 3.05) is 0 Å². The highest BCUT2D eigenvalue weighted by Gasteiger charge is 2.05. The van der Waals surface area contributed by atoms with Gasteiger partial charge in [0.15, 0.2) is 0 Å². The maximum absolute atomic E-state index is 5.99. The molecule has 3 aromatic rings. The molecule has 16 heavy (non-hydrogen) atoms. The van der Waals surface area contributed by atoms with E-state index in [0.29, 0.717) is 5.02 Å². The number of fused-ring (bicyclic) bond motifs is 1. The summed E-state index contributed by atoms with van der Waals surface area (Å²) in [4.78, 5) is 4.41. The Kier molecular flexibility index (Phi) is 2.15. The molecule has 1 aromatic carbocycles. The third-order valence-electron chi connectivity index (χ3n) is 2.52. The maximum Gasteiger partial charge on any atom is 0.144 e. The molecule has 0 aliphatic carbocycles.